The molecule has 0 fully saturated rings. The molecule has 0 amide bonds. The molecular weight excluding hydrogens is 212 g/mol. The van der Waals surface area contributed by atoms with Gasteiger partial charge in [-0.15, -0.1) is 0 Å². The minimum atomic E-state index is -1.20. The molecule has 6 heteroatoms. The minimum Gasteiger partial charge on any atom is -0.478 e. The van der Waals surface area contributed by atoms with Crippen molar-refractivity contribution in [3.63, 3.8) is 0 Å². The van der Waals surface area contributed by atoms with Crippen LogP contribution in [0.25, 0.3) is 5.57 Å². The maximum Gasteiger partial charge on any atom is 0.359 e. The normalized spacial score (nSPS) is 9.88. The van der Waals surface area contributed by atoms with Gasteiger partial charge in [0, 0.05) is 18.8 Å². The minimum absolute atomic E-state index is 0.0308. The lowest BCUT2D eigenvalue weighted by molar-refractivity contribution is -0.130. The molecule has 6 nitrogen and oxygen atoms in total. The fraction of sp³-hybridized carbons (Fsp3) is 0.300. The van der Waals surface area contributed by atoms with Gasteiger partial charge in [0.2, 0.25) is 0 Å². The summed E-state index contributed by atoms with van der Waals surface area (Å²) in [4.78, 5) is 22.2. The van der Waals surface area contributed by atoms with Gasteiger partial charge in [-0.2, -0.15) is 5.10 Å². The third-order valence-corrected chi connectivity index (χ3v) is 1.88. The molecule has 0 aliphatic carbocycles. The van der Waals surface area contributed by atoms with Crippen molar-refractivity contribution in [2.45, 2.75) is 6.92 Å². The van der Waals surface area contributed by atoms with Crippen LogP contribution in [0.2, 0.25) is 0 Å². The second kappa shape index (κ2) is 4.61. The third-order valence-electron chi connectivity index (χ3n) is 1.88. The number of carboxylic acids is 1. The number of rotatable bonds is 4. The molecule has 0 atom stereocenters. The van der Waals surface area contributed by atoms with Crippen molar-refractivity contribution in [2.24, 2.45) is 7.05 Å². The number of ether oxygens (including phenoxy) is 1. The number of carbonyl (C=O) groups is 2. The predicted molar refractivity (Wildman–Crippen MR) is 55.8 cm³/mol. The van der Waals surface area contributed by atoms with Crippen LogP contribution >= 0.6 is 0 Å². The molecule has 0 aromatic carbocycles. The third kappa shape index (κ3) is 2.28. The van der Waals surface area contributed by atoms with Gasteiger partial charge in [0.1, 0.15) is 0 Å². The number of aliphatic carboxylic acids is 1. The molecule has 86 valence electrons. The molecule has 1 rings (SSSR count). The summed E-state index contributed by atoms with van der Waals surface area (Å²) >= 11 is 0. The quantitative estimate of drug-likeness (QED) is 0.601. The SMILES string of the molecule is C=C(C(=O)O)c1cn(C)nc1C(=O)OCC. The van der Waals surface area contributed by atoms with E-state index in [-0.39, 0.29) is 23.4 Å². The Bertz CT molecular complexity index is 448. The average Bonchev–Trinajstić information content (AvgIpc) is 2.59. The molecule has 16 heavy (non-hydrogen) atoms. The molecule has 0 radical (unpaired) electrons. The molecular formula is C10H12N2O4. The van der Waals surface area contributed by atoms with E-state index in [2.05, 4.69) is 11.7 Å². The maximum absolute atomic E-state index is 11.5. The van der Waals surface area contributed by atoms with Gasteiger partial charge in [-0.1, -0.05) is 6.58 Å². The van der Waals surface area contributed by atoms with Crippen LogP contribution in [0.5, 0.6) is 0 Å². The maximum atomic E-state index is 11.5. The van der Waals surface area contributed by atoms with Gasteiger partial charge in [0.25, 0.3) is 0 Å². The highest BCUT2D eigenvalue weighted by molar-refractivity contribution is 6.16. The topological polar surface area (TPSA) is 81.4 Å². The zero-order chi connectivity index (χ0) is 12.3. The highest BCUT2D eigenvalue weighted by atomic mass is 16.5. The predicted octanol–water partition coefficient (Wildman–Crippen LogP) is 0.695. The molecule has 1 aromatic heterocycles. The van der Waals surface area contributed by atoms with E-state index in [0.717, 1.165) is 0 Å². The number of nitrogens with zero attached hydrogens (tertiary/aromatic N) is 2. The van der Waals surface area contributed by atoms with Crippen LogP contribution in [0.15, 0.2) is 12.8 Å². The van der Waals surface area contributed by atoms with Crippen molar-refractivity contribution in [1.82, 2.24) is 9.78 Å². The lowest BCUT2D eigenvalue weighted by atomic mass is 10.1. The van der Waals surface area contributed by atoms with E-state index in [0.29, 0.717) is 0 Å². The summed E-state index contributed by atoms with van der Waals surface area (Å²) in [6, 6.07) is 0. The van der Waals surface area contributed by atoms with Crippen molar-refractivity contribution in [3.8, 4) is 0 Å². The van der Waals surface area contributed by atoms with E-state index in [9.17, 15) is 9.59 Å². The molecule has 0 saturated carbocycles. The van der Waals surface area contributed by atoms with Crippen LogP contribution < -0.4 is 0 Å². The first-order chi connectivity index (χ1) is 7.47. The van der Waals surface area contributed by atoms with Gasteiger partial charge in [-0.25, -0.2) is 9.59 Å². The zero-order valence-corrected chi connectivity index (χ0v) is 9.06. The molecule has 1 aromatic rings. The molecule has 0 saturated heterocycles. The standard InChI is InChI=1S/C10H12N2O4/c1-4-16-10(15)8-7(5-12(3)11-8)6(2)9(13)14/h5H,2,4H2,1,3H3,(H,13,14). The number of carboxylic acid groups (broad SMARTS) is 1. The molecule has 1 N–H and O–H groups in total. The van der Waals surface area contributed by atoms with Crippen molar-refractivity contribution < 1.29 is 19.4 Å². The first kappa shape index (κ1) is 12.0. The summed E-state index contributed by atoms with van der Waals surface area (Å²) in [6.07, 6.45) is 1.42. The summed E-state index contributed by atoms with van der Waals surface area (Å²) < 4.78 is 6.11. The number of hydrogen-bond donors (Lipinski definition) is 1. The number of esters is 1. The second-order valence-electron chi connectivity index (χ2n) is 3.07. The largest absolute Gasteiger partial charge is 0.478 e. The van der Waals surface area contributed by atoms with E-state index in [1.165, 1.54) is 10.9 Å². The molecule has 1 heterocycles. The Morgan fingerprint density at radius 2 is 2.25 bits per heavy atom. The number of carbonyl (C=O) groups excluding carboxylic acids is 1. The second-order valence-corrected chi connectivity index (χ2v) is 3.07. The van der Waals surface area contributed by atoms with E-state index < -0.39 is 11.9 Å². The molecule has 0 aliphatic rings. The summed E-state index contributed by atoms with van der Waals surface area (Å²) in [6.45, 7) is 5.24. The highest BCUT2D eigenvalue weighted by Gasteiger charge is 2.21. The lowest BCUT2D eigenvalue weighted by Crippen LogP contribution is -2.10. The zero-order valence-electron chi connectivity index (χ0n) is 9.06. The number of hydrogen-bond acceptors (Lipinski definition) is 4. The van der Waals surface area contributed by atoms with E-state index in [1.54, 1.807) is 14.0 Å². The van der Waals surface area contributed by atoms with Gasteiger partial charge < -0.3 is 9.84 Å². The van der Waals surface area contributed by atoms with Gasteiger partial charge >= 0.3 is 11.9 Å². The van der Waals surface area contributed by atoms with Gasteiger partial charge in [0.05, 0.1) is 12.2 Å². The Hall–Kier alpha value is -2.11. The van der Waals surface area contributed by atoms with Gasteiger partial charge in [-0.05, 0) is 6.92 Å². The Kier molecular flexibility index (Phi) is 3.44. The fourth-order valence-corrected chi connectivity index (χ4v) is 1.17. The summed E-state index contributed by atoms with van der Waals surface area (Å²) in [7, 11) is 1.58. The first-order valence-electron chi connectivity index (χ1n) is 4.60. The fourth-order valence-electron chi connectivity index (χ4n) is 1.17. The Morgan fingerprint density at radius 3 is 2.75 bits per heavy atom. The van der Waals surface area contributed by atoms with Gasteiger partial charge in [0.15, 0.2) is 5.69 Å². The number of aryl methyl sites for hydroxylation is 1. The average molecular weight is 224 g/mol. The van der Waals surface area contributed by atoms with Crippen LogP contribution in [-0.4, -0.2) is 33.4 Å². The summed E-state index contributed by atoms with van der Waals surface area (Å²) in [5.74, 6) is -1.85. The molecule has 0 bridgehead atoms. The number of aromatic nitrogens is 2. The smallest absolute Gasteiger partial charge is 0.359 e. The van der Waals surface area contributed by atoms with Crippen LogP contribution in [0, 0.1) is 0 Å². The molecule has 0 spiro atoms. The van der Waals surface area contributed by atoms with Gasteiger partial charge in [-0.3, -0.25) is 4.68 Å². The highest BCUT2D eigenvalue weighted by Crippen LogP contribution is 2.17. The van der Waals surface area contributed by atoms with E-state index in [4.69, 9.17) is 9.84 Å². The molecule has 0 unspecified atom stereocenters. The van der Waals surface area contributed by atoms with Crippen molar-refractivity contribution in [2.75, 3.05) is 6.61 Å². The van der Waals surface area contributed by atoms with E-state index in [1.807, 2.05) is 0 Å². The Balaban J connectivity index is 3.14. The van der Waals surface area contributed by atoms with E-state index >= 15 is 0 Å². The molecule has 0 aliphatic heterocycles. The summed E-state index contributed by atoms with van der Waals surface area (Å²) in [5.41, 5.74) is -0.0404. The monoisotopic (exact) mass is 224 g/mol. The van der Waals surface area contributed by atoms with Crippen molar-refractivity contribution in [3.05, 3.63) is 24.0 Å². The van der Waals surface area contributed by atoms with Crippen LogP contribution in [0.4, 0.5) is 0 Å². The lowest BCUT2D eigenvalue weighted by Gasteiger charge is -2.01. The first-order valence-corrected chi connectivity index (χ1v) is 4.60. The van der Waals surface area contributed by atoms with Crippen LogP contribution in [-0.2, 0) is 16.6 Å². The van der Waals surface area contributed by atoms with Crippen LogP contribution in [0.1, 0.15) is 23.0 Å². The van der Waals surface area contributed by atoms with Crippen molar-refractivity contribution >= 4 is 17.5 Å². The Labute approximate surface area is 92.1 Å². The summed E-state index contributed by atoms with van der Waals surface area (Å²) in [5, 5.41) is 12.6. The van der Waals surface area contributed by atoms with Crippen LogP contribution in [0.3, 0.4) is 0 Å². The van der Waals surface area contributed by atoms with Crippen molar-refractivity contribution in [1.29, 1.82) is 0 Å². The Morgan fingerprint density at radius 1 is 1.62 bits per heavy atom.